The van der Waals surface area contributed by atoms with Crippen LogP contribution in [0.3, 0.4) is 0 Å². The monoisotopic (exact) mass is 634 g/mol. The van der Waals surface area contributed by atoms with Crippen molar-refractivity contribution in [2.75, 3.05) is 26.6 Å². The summed E-state index contributed by atoms with van der Waals surface area (Å²) in [4.78, 5) is 41.8. The minimum Gasteiger partial charge on any atom is -0.497 e. The zero-order valence-electron chi connectivity index (χ0n) is 25.9. The first-order chi connectivity index (χ1) is 20.6. The number of benzene rings is 1. The second-order valence-corrected chi connectivity index (χ2v) is 13.6. The van der Waals surface area contributed by atoms with Gasteiger partial charge in [0, 0.05) is 23.5 Å². The van der Waals surface area contributed by atoms with E-state index in [-0.39, 0.29) is 42.9 Å². The van der Waals surface area contributed by atoms with Crippen molar-refractivity contribution in [1.29, 1.82) is 0 Å². The van der Waals surface area contributed by atoms with E-state index in [0.717, 1.165) is 5.57 Å². The second kappa shape index (κ2) is 11.3. The molecule has 1 heterocycles. The van der Waals surface area contributed by atoms with Gasteiger partial charge in [0.1, 0.15) is 34.4 Å². The van der Waals surface area contributed by atoms with Crippen molar-refractivity contribution in [3.05, 3.63) is 34.9 Å². The molecule has 242 valence electrons. The highest BCUT2D eigenvalue weighted by atomic mass is 32.1. The van der Waals surface area contributed by atoms with Gasteiger partial charge in [-0.25, -0.2) is 4.79 Å². The van der Waals surface area contributed by atoms with Gasteiger partial charge in [-0.3, -0.25) is 9.59 Å². The number of aliphatic hydroxyl groups excluding tert-OH is 1. The van der Waals surface area contributed by atoms with E-state index in [1.807, 2.05) is 6.92 Å². The molecule has 1 unspecified atom stereocenters. The lowest BCUT2D eigenvalue weighted by atomic mass is 9.45. The summed E-state index contributed by atoms with van der Waals surface area (Å²) in [6.07, 6.45) is -5.00. The number of esters is 2. The van der Waals surface area contributed by atoms with Gasteiger partial charge in [-0.15, -0.1) is 0 Å². The number of allylic oxidation sites excluding steroid dienone is 1. The lowest BCUT2D eigenvalue weighted by Gasteiger charge is -2.66. The molecule has 1 saturated heterocycles. The van der Waals surface area contributed by atoms with Crippen LogP contribution in [0.5, 0.6) is 11.5 Å². The molecule has 1 aromatic carbocycles. The zero-order valence-corrected chi connectivity index (χ0v) is 26.8. The van der Waals surface area contributed by atoms with Crippen LogP contribution in [0.2, 0.25) is 0 Å². The van der Waals surface area contributed by atoms with Crippen molar-refractivity contribution in [2.45, 2.75) is 89.0 Å². The molecule has 12 heteroatoms. The Labute approximate surface area is 262 Å². The molecular formula is C32H42O11S. The maximum Gasteiger partial charge on any atom is 0.342 e. The number of aliphatic hydroxyl groups is 3. The van der Waals surface area contributed by atoms with Crippen molar-refractivity contribution < 1.29 is 53.4 Å². The molecule has 1 aliphatic heterocycles. The van der Waals surface area contributed by atoms with Crippen LogP contribution in [0.25, 0.3) is 0 Å². The first-order valence-corrected chi connectivity index (χ1v) is 15.5. The number of thiol groups is 1. The largest absolute Gasteiger partial charge is 0.497 e. The van der Waals surface area contributed by atoms with E-state index in [1.54, 1.807) is 26.0 Å². The van der Waals surface area contributed by atoms with E-state index in [2.05, 4.69) is 12.6 Å². The summed E-state index contributed by atoms with van der Waals surface area (Å²) < 4.78 is 28.5. The normalized spacial score (nSPS) is 37.4. The van der Waals surface area contributed by atoms with Gasteiger partial charge in [0.2, 0.25) is 0 Å². The van der Waals surface area contributed by atoms with Gasteiger partial charge >= 0.3 is 11.9 Å². The molecule has 3 aliphatic carbocycles. The average Bonchev–Trinajstić information content (AvgIpc) is 2.98. The molecule has 44 heavy (non-hydrogen) atoms. The van der Waals surface area contributed by atoms with Crippen LogP contribution >= 0.6 is 12.6 Å². The van der Waals surface area contributed by atoms with Gasteiger partial charge in [-0.2, -0.15) is 12.6 Å². The number of fused-ring (bicyclic) bond motifs is 5. The predicted molar refractivity (Wildman–Crippen MR) is 160 cm³/mol. The minimum atomic E-state index is -1.89. The second-order valence-electron chi connectivity index (χ2n) is 13.1. The molecule has 8 atom stereocenters. The fraction of sp³-hybridized carbons (Fsp3) is 0.656. The Morgan fingerprint density at radius 2 is 1.82 bits per heavy atom. The Morgan fingerprint density at radius 1 is 1.11 bits per heavy atom. The Bertz CT molecular complexity index is 1390. The SMILES string of the molecule is COc1ccc(OC)c(C(=O)O[C@H]2C3[C@]4(O)CO[C@@H]4C[C@H](O)[C@@]3(C)C(=O)[C@H](OC(=O)CCS)C3=C(C)CC[C@]2(O)C3(C)C)c1. The summed E-state index contributed by atoms with van der Waals surface area (Å²) in [5.74, 6) is -2.79. The average molecular weight is 635 g/mol. The van der Waals surface area contributed by atoms with Crippen molar-refractivity contribution in [1.82, 2.24) is 0 Å². The lowest BCUT2D eigenvalue weighted by Crippen LogP contribution is -2.80. The third-order valence-corrected chi connectivity index (χ3v) is 10.9. The summed E-state index contributed by atoms with van der Waals surface area (Å²) in [6.45, 7) is 6.51. The Balaban J connectivity index is 1.75. The van der Waals surface area contributed by atoms with Crippen LogP contribution in [0, 0.1) is 16.7 Å². The van der Waals surface area contributed by atoms with Crippen LogP contribution in [-0.4, -0.2) is 95.2 Å². The van der Waals surface area contributed by atoms with Crippen LogP contribution in [0.1, 0.15) is 63.7 Å². The first kappa shape index (κ1) is 32.7. The number of ether oxygens (including phenoxy) is 5. The van der Waals surface area contributed by atoms with Gasteiger partial charge < -0.3 is 39.0 Å². The fourth-order valence-electron chi connectivity index (χ4n) is 8.04. The van der Waals surface area contributed by atoms with E-state index < -0.39 is 70.1 Å². The number of carbonyl (C=O) groups excluding carboxylic acids is 3. The maximum absolute atomic E-state index is 14.8. The van der Waals surface area contributed by atoms with Gasteiger partial charge in [0.15, 0.2) is 11.9 Å². The molecular weight excluding hydrogens is 592 g/mol. The minimum absolute atomic E-state index is 0.00872. The van der Waals surface area contributed by atoms with E-state index in [4.69, 9.17) is 23.7 Å². The quantitative estimate of drug-likeness (QED) is 0.198. The predicted octanol–water partition coefficient (Wildman–Crippen LogP) is 2.43. The maximum atomic E-state index is 14.8. The van der Waals surface area contributed by atoms with E-state index in [9.17, 15) is 29.7 Å². The third-order valence-electron chi connectivity index (χ3n) is 10.7. The molecule has 2 saturated carbocycles. The molecule has 5 rings (SSSR count). The number of carbonyl (C=O) groups is 3. The van der Waals surface area contributed by atoms with Crippen molar-refractivity contribution in [3.63, 3.8) is 0 Å². The molecule has 0 amide bonds. The molecule has 0 aromatic heterocycles. The highest BCUT2D eigenvalue weighted by Gasteiger charge is 2.76. The molecule has 11 nitrogen and oxygen atoms in total. The molecule has 3 fully saturated rings. The van der Waals surface area contributed by atoms with Crippen molar-refractivity contribution >= 4 is 30.4 Å². The molecule has 4 aliphatic rings. The Morgan fingerprint density at radius 3 is 2.41 bits per heavy atom. The van der Waals surface area contributed by atoms with E-state index >= 15 is 0 Å². The van der Waals surface area contributed by atoms with Crippen molar-refractivity contribution in [2.24, 2.45) is 16.7 Å². The Kier molecular flexibility index (Phi) is 8.42. The number of rotatable bonds is 7. The highest BCUT2D eigenvalue weighted by molar-refractivity contribution is 7.80. The standard InChI is InChI=1S/C32H42O11S/c1-16-9-11-32(38)27(43-28(36)18-13-17(39-5)7-8-19(18)40-6)25-30(4,20(33)14-21-31(25,37)15-41-21)26(35)24(23(16)29(32,2)3)42-22(34)10-12-44/h7-8,13,20-21,24-25,27,33,37-38,44H,9-12,14-15H2,1-6H3/t20-,21+,24+,25?,27-,30+,31-,32+/m0/s1. The summed E-state index contributed by atoms with van der Waals surface area (Å²) in [7, 11) is 2.84. The van der Waals surface area contributed by atoms with Gasteiger partial charge in [-0.1, -0.05) is 19.4 Å². The lowest BCUT2D eigenvalue weighted by molar-refractivity contribution is -0.342. The van der Waals surface area contributed by atoms with Crippen LogP contribution in [-0.2, 0) is 23.8 Å². The third kappa shape index (κ3) is 4.59. The van der Waals surface area contributed by atoms with Crippen LogP contribution in [0.4, 0.5) is 0 Å². The van der Waals surface area contributed by atoms with Crippen LogP contribution in [0.15, 0.2) is 29.3 Å². The number of ketones is 1. The van der Waals surface area contributed by atoms with E-state index in [1.165, 1.54) is 27.2 Å². The van der Waals surface area contributed by atoms with E-state index in [0.29, 0.717) is 17.7 Å². The summed E-state index contributed by atoms with van der Waals surface area (Å²) in [6, 6.07) is 4.60. The van der Waals surface area contributed by atoms with Gasteiger partial charge in [0.05, 0.1) is 44.9 Å². The summed E-state index contributed by atoms with van der Waals surface area (Å²) in [5, 5.41) is 36.8. The topological polar surface area (TPSA) is 158 Å². The zero-order chi connectivity index (χ0) is 32.4. The van der Waals surface area contributed by atoms with Crippen molar-refractivity contribution in [3.8, 4) is 11.5 Å². The number of methoxy groups -OCH3 is 2. The summed E-state index contributed by atoms with van der Waals surface area (Å²) >= 11 is 4.13. The summed E-state index contributed by atoms with van der Waals surface area (Å²) in [5.41, 5.74) is -5.65. The first-order valence-electron chi connectivity index (χ1n) is 14.8. The fourth-order valence-corrected chi connectivity index (χ4v) is 8.23. The molecule has 2 bridgehead atoms. The highest BCUT2D eigenvalue weighted by Crippen LogP contribution is 2.63. The van der Waals surface area contributed by atoms with Crippen LogP contribution < -0.4 is 9.47 Å². The smallest absolute Gasteiger partial charge is 0.342 e. The van der Waals surface area contributed by atoms with Gasteiger partial charge in [0.25, 0.3) is 0 Å². The number of Topliss-reactive ketones (excluding diaryl/α,β-unsaturated/α-hetero) is 1. The molecule has 3 N–H and O–H groups in total. The Hall–Kier alpha value is -2.64. The number of hydrogen-bond acceptors (Lipinski definition) is 12. The number of hydrogen-bond donors (Lipinski definition) is 4. The molecule has 1 aromatic rings. The molecule has 0 radical (unpaired) electrons. The molecule has 0 spiro atoms. The van der Waals surface area contributed by atoms with Gasteiger partial charge in [-0.05, 0) is 50.5 Å².